The molecule has 3 rings (SSSR count). The molecule has 1 N–H and O–H groups in total. The van der Waals surface area contributed by atoms with Gasteiger partial charge in [0.1, 0.15) is 5.69 Å². The number of nitrogens with one attached hydrogen (secondary N) is 1. The number of hydrogen-bond acceptors (Lipinski definition) is 4. The van der Waals surface area contributed by atoms with Gasteiger partial charge in [-0.05, 0) is 12.1 Å². The zero-order valence-corrected chi connectivity index (χ0v) is 10.9. The first-order chi connectivity index (χ1) is 10.4. The molecule has 3 heterocycles. The molecule has 0 saturated carbocycles. The predicted molar refractivity (Wildman–Crippen MR) is 70.2 cm³/mol. The van der Waals surface area contributed by atoms with Crippen molar-refractivity contribution >= 4 is 17.2 Å². The Bertz CT molecular complexity index is 826. The van der Waals surface area contributed by atoms with Gasteiger partial charge in [-0.25, -0.2) is 9.50 Å². The van der Waals surface area contributed by atoms with Crippen LogP contribution in [0.2, 0.25) is 0 Å². The minimum atomic E-state index is -4.54. The van der Waals surface area contributed by atoms with Crippen LogP contribution in [0.3, 0.4) is 0 Å². The number of carbonyl (C=O) groups excluding carboxylic acids is 1. The maximum Gasteiger partial charge on any atom is 0.433 e. The van der Waals surface area contributed by atoms with E-state index in [9.17, 15) is 18.0 Å². The van der Waals surface area contributed by atoms with Crippen LogP contribution in [0, 0.1) is 0 Å². The van der Waals surface area contributed by atoms with E-state index in [1.165, 1.54) is 16.9 Å². The van der Waals surface area contributed by atoms with Crippen LogP contribution >= 0.6 is 0 Å². The van der Waals surface area contributed by atoms with E-state index >= 15 is 0 Å². The lowest BCUT2D eigenvalue weighted by atomic mass is 10.2. The van der Waals surface area contributed by atoms with Crippen LogP contribution in [0.5, 0.6) is 0 Å². The number of fused-ring (bicyclic) bond motifs is 1. The molecule has 112 valence electrons. The number of nitrogens with zero attached hydrogens (tertiary/aromatic N) is 4. The molecule has 0 unspecified atom stereocenters. The van der Waals surface area contributed by atoms with Gasteiger partial charge < -0.3 is 5.32 Å². The van der Waals surface area contributed by atoms with Crippen molar-refractivity contribution in [1.29, 1.82) is 0 Å². The molecule has 6 nitrogen and oxygen atoms in total. The Balaban J connectivity index is 1.78. The molecule has 0 spiro atoms. The van der Waals surface area contributed by atoms with Gasteiger partial charge in [-0.3, -0.25) is 9.78 Å². The summed E-state index contributed by atoms with van der Waals surface area (Å²) in [6.07, 6.45) is 0.847. The lowest BCUT2D eigenvalue weighted by Crippen LogP contribution is -2.14. The summed E-state index contributed by atoms with van der Waals surface area (Å²) in [6.45, 7) is 0. The fourth-order valence-electron chi connectivity index (χ4n) is 1.77. The van der Waals surface area contributed by atoms with Crippen LogP contribution in [0.25, 0.3) is 5.65 Å². The standard InChI is InChI=1S/C13H8F3N5O/c14-13(15,16)10-2-1-8(5-17-10)12(22)20-9-6-18-11-3-4-19-21(11)7-9/h1-7H,(H,20,22). The van der Waals surface area contributed by atoms with Gasteiger partial charge in [-0.15, -0.1) is 0 Å². The number of amides is 1. The van der Waals surface area contributed by atoms with E-state index in [0.29, 0.717) is 11.3 Å². The van der Waals surface area contributed by atoms with Crippen molar-refractivity contribution in [3.05, 3.63) is 54.2 Å². The lowest BCUT2D eigenvalue weighted by Gasteiger charge is -2.07. The lowest BCUT2D eigenvalue weighted by molar-refractivity contribution is -0.141. The molecule has 0 aliphatic heterocycles. The molecule has 0 saturated heterocycles. The number of pyridine rings is 1. The van der Waals surface area contributed by atoms with E-state index < -0.39 is 17.8 Å². The Labute approximate surface area is 121 Å². The second-order valence-electron chi connectivity index (χ2n) is 4.36. The van der Waals surface area contributed by atoms with Crippen LogP contribution in [-0.4, -0.2) is 25.5 Å². The van der Waals surface area contributed by atoms with Crippen molar-refractivity contribution in [2.75, 3.05) is 5.32 Å². The van der Waals surface area contributed by atoms with Crippen molar-refractivity contribution in [2.45, 2.75) is 6.18 Å². The maximum atomic E-state index is 12.4. The van der Waals surface area contributed by atoms with Gasteiger partial charge in [0.05, 0.1) is 29.8 Å². The van der Waals surface area contributed by atoms with E-state index in [1.54, 1.807) is 12.3 Å². The van der Waals surface area contributed by atoms with Gasteiger partial charge in [0.2, 0.25) is 0 Å². The molecule has 0 aromatic carbocycles. The average molecular weight is 307 g/mol. The molecule has 0 aliphatic carbocycles. The topological polar surface area (TPSA) is 72.2 Å². The smallest absolute Gasteiger partial charge is 0.319 e. The first kappa shape index (κ1) is 14.0. The molecule has 0 aliphatic rings. The minimum absolute atomic E-state index is 0.00793. The van der Waals surface area contributed by atoms with Gasteiger partial charge in [0, 0.05) is 12.3 Å². The van der Waals surface area contributed by atoms with E-state index in [2.05, 4.69) is 20.4 Å². The quantitative estimate of drug-likeness (QED) is 0.789. The largest absolute Gasteiger partial charge is 0.433 e. The van der Waals surface area contributed by atoms with Crippen molar-refractivity contribution < 1.29 is 18.0 Å². The third-order valence-corrected chi connectivity index (χ3v) is 2.82. The van der Waals surface area contributed by atoms with Crippen LogP contribution in [0.1, 0.15) is 16.1 Å². The molecular weight excluding hydrogens is 299 g/mol. The summed E-state index contributed by atoms with van der Waals surface area (Å²) >= 11 is 0. The van der Waals surface area contributed by atoms with Crippen molar-refractivity contribution in [1.82, 2.24) is 19.6 Å². The Hall–Kier alpha value is -2.97. The Morgan fingerprint density at radius 1 is 1.14 bits per heavy atom. The van der Waals surface area contributed by atoms with Gasteiger partial charge in [0.25, 0.3) is 5.91 Å². The van der Waals surface area contributed by atoms with E-state index in [1.807, 2.05) is 0 Å². The van der Waals surface area contributed by atoms with Gasteiger partial charge in [-0.1, -0.05) is 0 Å². The Kier molecular flexibility index (Phi) is 3.24. The zero-order chi connectivity index (χ0) is 15.7. The summed E-state index contributed by atoms with van der Waals surface area (Å²) in [4.78, 5) is 19.3. The third kappa shape index (κ3) is 2.73. The summed E-state index contributed by atoms with van der Waals surface area (Å²) < 4.78 is 38.7. The molecule has 0 bridgehead atoms. The van der Waals surface area contributed by atoms with Gasteiger partial charge in [-0.2, -0.15) is 18.3 Å². The van der Waals surface area contributed by atoms with E-state index in [4.69, 9.17) is 0 Å². The molecular formula is C13H8F3N5O. The first-order valence-corrected chi connectivity index (χ1v) is 6.07. The van der Waals surface area contributed by atoms with Crippen LogP contribution in [-0.2, 0) is 6.18 Å². The number of aromatic nitrogens is 4. The molecule has 3 aromatic rings. The molecule has 0 fully saturated rings. The highest BCUT2D eigenvalue weighted by Crippen LogP contribution is 2.27. The molecule has 22 heavy (non-hydrogen) atoms. The fourth-order valence-corrected chi connectivity index (χ4v) is 1.77. The number of halogens is 3. The van der Waals surface area contributed by atoms with E-state index in [0.717, 1.165) is 18.3 Å². The van der Waals surface area contributed by atoms with E-state index in [-0.39, 0.29) is 5.56 Å². The normalized spacial score (nSPS) is 11.6. The van der Waals surface area contributed by atoms with Crippen molar-refractivity contribution in [3.8, 4) is 0 Å². The van der Waals surface area contributed by atoms with Crippen LogP contribution < -0.4 is 5.32 Å². The predicted octanol–water partition coefficient (Wildman–Crippen LogP) is 2.40. The fraction of sp³-hybridized carbons (Fsp3) is 0.0769. The monoisotopic (exact) mass is 307 g/mol. The minimum Gasteiger partial charge on any atom is -0.319 e. The zero-order valence-electron chi connectivity index (χ0n) is 10.9. The molecule has 3 aromatic heterocycles. The molecule has 1 amide bonds. The SMILES string of the molecule is O=C(Nc1cnc2ccnn2c1)c1ccc(C(F)(F)F)nc1. The highest BCUT2D eigenvalue weighted by atomic mass is 19.4. The summed E-state index contributed by atoms with van der Waals surface area (Å²) in [5.41, 5.74) is -0.0764. The van der Waals surface area contributed by atoms with Gasteiger partial charge >= 0.3 is 6.18 Å². The maximum absolute atomic E-state index is 12.4. The average Bonchev–Trinajstić information content (AvgIpc) is 2.94. The van der Waals surface area contributed by atoms with Crippen molar-refractivity contribution in [2.24, 2.45) is 0 Å². The number of alkyl halides is 3. The number of hydrogen-bond donors (Lipinski definition) is 1. The highest BCUT2D eigenvalue weighted by Gasteiger charge is 2.32. The summed E-state index contributed by atoms with van der Waals surface area (Å²) in [5, 5.41) is 6.48. The molecule has 0 radical (unpaired) electrons. The molecule has 0 atom stereocenters. The van der Waals surface area contributed by atoms with Crippen molar-refractivity contribution in [3.63, 3.8) is 0 Å². The highest BCUT2D eigenvalue weighted by molar-refractivity contribution is 6.03. The summed E-state index contributed by atoms with van der Waals surface area (Å²) in [7, 11) is 0. The molecule has 9 heteroatoms. The number of carbonyl (C=O) groups is 1. The summed E-state index contributed by atoms with van der Waals surface area (Å²) in [5.74, 6) is -0.588. The summed E-state index contributed by atoms with van der Waals surface area (Å²) in [6, 6.07) is 3.50. The van der Waals surface area contributed by atoms with Gasteiger partial charge in [0.15, 0.2) is 5.65 Å². The second-order valence-corrected chi connectivity index (χ2v) is 4.36. The Morgan fingerprint density at radius 2 is 1.95 bits per heavy atom. The number of anilines is 1. The first-order valence-electron chi connectivity index (χ1n) is 6.07. The number of rotatable bonds is 2. The van der Waals surface area contributed by atoms with Crippen LogP contribution in [0.4, 0.5) is 18.9 Å². The van der Waals surface area contributed by atoms with Crippen LogP contribution in [0.15, 0.2) is 43.0 Å². The Morgan fingerprint density at radius 3 is 2.64 bits per heavy atom. The second kappa shape index (κ2) is 5.10. The third-order valence-electron chi connectivity index (χ3n) is 2.82.